The van der Waals surface area contributed by atoms with E-state index >= 15 is 0 Å². The summed E-state index contributed by atoms with van der Waals surface area (Å²) in [6, 6.07) is -3.84. The van der Waals surface area contributed by atoms with Crippen LogP contribution in [0.4, 0.5) is 4.79 Å². The summed E-state index contributed by atoms with van der Waals surface area (Å²) >= 11 is 0. The van der Waals surface area contributed by atoms with Crippen LogP contribution in [0.15, 0.2) is 12.7 Å². The van der Waals surface area contributed by atoms with Crippen molar-refractivity contribution < 1.29 is 43.7 Å². The summed E-state index contributed by atoms with van der Waals surface area (Å²) in [4.78, 5) is 79.4. The summed E-state index contributed by atoms with van der Waals surface area (Å²) in [5.74, 6) is -7.55. The number of carbonyl (C=O) groups is 6. The highest BCUT2D eigenvalue weighted by atomic mass is 16.6. The van der Waals surface area contributed by atoms with Gasteiger partial charge in [0.05, 0.1) is 12.0 Å². The van der Waals surface area contributed by atoms with E-state index in [0.717, 1.165) is 0 Å². The first kappa shape index (κ1) is 37.9. The molecule has 0 aromatic rings. The zero-order valence-corrected chi connectivity index (χ0v) is 28.1. The van der Waals surface area contributed by atoms with Gasteiger partial charge in [-0.15, -0.1) is 6.58 Å². The van der Waals surface area contributed by atoms with Gasteiger partial charge in [0.25, 0.3) is 5.91 Å². The molecule has 0 aromatic heterocycles. The number of allylic oxidation sites excluding steroid dienone is 1. The number of aliphatic hydroxyl groups is 2. The number of ketones is 2. The van der Waals surface area contributed by atoms with Crippen molar-refractivity contribution >= 4 is 35.4 Å². The van der Waals surface area contributed by atoms with Crippen LogP contribution in [0.1, 0.15) is 88.0 Å². The number of nitrogens with one attached hydrogen (secondary N) is 3. The van der Waals surface area contributed by atoms with Crippen LogP contribution < -0.4 is 16.0 Å². The van der Waals surface area contributed by atoms with E-state index in [2.05, 4.69) is 22.5 Å². The summed E-state index contributed by atoms with van der Waals surface area (Å²) in [5.41, 5.74) is -1.87. The van der Waals surface area contributed by atoms with Gasteiger partial charge in [0, 0.05) is 31.8 Å². The Hall–Kier alpha value is -3.32. The minimum Gasteiger partial charge on any atom is -0.444 e. The van der Waals surface area contributed by atoms with E-state index in [1.54, 1.807) is 41.5 Å². The molecule has 4 amide bonds. The highest BCUT2D eigenvalue weighted by Crippen LogP contribution is 2.57. The maximum Gasteiger partial charge on any atom is 0.408 e. The Bertz CT molecular complexity index is 1180. The molecule has 2 rings (SSSR count). The third-order valence-corrected chi connectivity index (χ3v) is 7.69. The first-order valence-electron chi connectivity index (χ1n) is 15.4. The molecule has 0 aromatic carbocycles. The fourth-order valence-corrected chi connectivity index (χ4v) is 5.50. The molecule has 5 atom stereocenters. The molecule has 1 aliphatic heterocycles. The predicted molar refractivity (Wildman–Crippen MR) is 165 cm³/mol. The number of ether oxygens (including phenoxy) is 1. The van der Waals surface area contributed by atoms with Crippen LogP contribution >= 0.6 is 0 Å². The largest absolute Gasteiger partial charge is 0.444 e. The summed E-state index contributed by atoms with van der Waals surface area (Å²) < 4.78 is 5.33. The number of amides is 4. The Morgan fingerprint density at radius 2 is 1.60 bits per heavy atom. The Kier molecular flexibility index (Phi) is 11.8. The first-order chi connectivity index (χ1) is 20.4. The Balaban J connectivity index is 2.23. The van der Waals surface area contributed by atoms with E-state index < -0.39 is 76.4 Å². The number of nitrogens with zero attached hydrogens (tertiary/aromatic N) is 1. The number of carbonyl (C=O) groups excluding carboxylic acids is 6. The molecular formula is C32H52N4O9. The van der Waals surface area contributed by atoms with E-state index in [1.807, 2.05) is 20.8 Å². The molecule has 1 saturated carbocycles. The summed E-state index contributed by atoms with van der Waals surface area (Å²) in [5, 5.41) is 28.5. The molecule has 1 aliphatic carbocycles. The number of fused-ring (bicyclic) bond motifs is 1. The second kappa shape index (κ2) is 14.0. The molecule has 45 heavy (non-hydrogen) atoms. The third-order valence-electron chi connectivity index (χ3n) is 7.69. The van der Waals surface area contributed by atoms with Crippen LogP contribution in [0.3, 0.4) is 0 Å². The molecule has 13 nitrogen and oxygen atoms in total. The standard InChI is InChI=1S/C32H52N4O9/c1-11-12-13-20(23(38)26(40)33-15-14-18(37)16-29(2,3)4)34-25(39)22-21-19(32(21,43)44)17-36(22)27(41)24(30(5,6)7)35-28(42)45-31(8,9)10/h11,19-22,24,43-44H,1,12-17H2,2-10H3,(H,33,40)(H,34,39)(H,35,42). The second-order valence-corrected chi connectivity index (χ2v) is 15.4. The number of likely N-dealkylation sites (tertiary alicyclic amines) is 1. The van der Waals surface area contributed by atoms with Gasteiger partial charge in [0.15, 0.2) is 5.79 Å². The number of rotatable bonds is 13. The van der Waals surface area contributed by atoms with Crippen LogP contribution in [-0.2, 0) is 28.7 Å². The molecule has 5 unspecified atom stereocenters. The lowest BCUT2D eigenvalue weighted by molar-refractivity contribution is -0.154. The first-order valence-corrected chi connectivity index (χ1v) is 15.4. The maximum absolute atomic E-state index is 13.9. The van der Waals surface area contributed by atoms with Crippen LogP contribution in [0, 0.1) is 22.7 Å². The van der Waals surface area contributed by atoms with Gasteiger partial charge in [-0.1, -0.05) is 47.6 Å². The van der Waals surface area contributed by atoms with Crippen molar-refractivity contribution in [1.29, 1.82) is 0 Å². The number of piperidine rings is 1. The molecule has 2 aliphatic rings. The van der Waals surface area contributed by atoms with Crippen molar-refractivity contribution in [3.63, 3.8) is 0 Å². The SMILES string of the molecule is C=CCCC(NC(=O)C1C2C(CN1C(=O)C(NC(=O)OC(C)(C)C)C(C)(C)C)C2(O)O)C(=O)C(=O)NCCC(=O)CC(C)(C)C. The molecule has 1 heterocycles. The summed E-state index contributed by atoms with van der Waals surface area (Å²) in [6.07, 6.45) is 1.33. The maximum atomic E-state index is 13.9. The van der Waals surface area contributed by atoms with Crippen LogP contribution in [0.2, 0.25) is 0 Å². The number of alkyl carbamates (subject to hydrolysis) is 1. The fourth-order valence-electron chi connectivity index (χ4n) is 5.50. The highest BCUT2D eigenvalue weighted by Gasteiger charge is 2.74. The molecule has 254 valence electrons. The topological polar surface area (TPSA) is 191 Å². The minimum atomic E-state index is -2.20. The monoisotopic (exact) mass is 636 g/mol. The number of hydrogen-bond donors (Lipinski definition) is 5. The zero-order valence-electron chi connectivity index (χ0n) is 28.1. The minimum absolute atomic E-state index is 0.0212. The normalized spacial score (nSPS) is 21.9. The lowest BCUT2D eigenvalue weighted by Gasteiger charge is -2.37. The summed E-state index contributed by atoms with van der Waals surface area (Å²) in [6.45, 7) is 19.3. The molecular weight excluding hydrogens is 584 g/mol. The van der Waals surface area contributed by atoms with Gasteiger partial charge in [-0.2, -0.15) is 0 Å². The van der Waals surface area contributed by atoms with Gasteiger partial charge in [0.2, 0.25) is 17.6 Å². The zero-order chi connectivity index (χ0) is 34.7. The van der Waals surface area contributed by atoms with Gasteiger partial charge in [-0.05, 0) is 44.4 Å². The predicted octanol–water partition coefficient (Wildman–Crippen LogP) is 1.60. The number of hydrogen-bond acceptors (Lipinski definition) is 9. The van der Waals surface area contributed by atoms with Crippen LogP contribution in [0.5, 0.6) is 0 Å². The molecule has 13 heteroatoms. The molecule has 1 saturated heterocycles. The van der Waals surface area contributed by atoms with E-state index in [0.29, 0.717) is 6.42 Å². The third kappa shape index (κ3) is 10.4. The highest BCUT2D eigenvalue weighted by molar-refractivity contribution is 6.38. The van der Waals surface area contributed by atoms with Crippen molar-refractivity contribution in [2.24, 2.45) is 22.7 Å². The molecule has 0 spiro atoms. The fraction of sp³-hybridized carbons (Fsp3) is 0.750. The molecule has 0 bridgehead atoms. The Labute approximate surface area is 265 Å². The van der Waals surface area contributed by atoms with Crippen molar-refractivity contribution in [3.05, 3.63) is 12.7 Å². The molecule has 2 fully saturated rings. The van der Waals surface area contributed by atoms with Crippen LogP contribution in [0.25, 0.3) is 0 Å². The van der Waals surface area contributed by atoms with Gasteiger partial charge >= 0.3 is 6.09 Å². The lowest BCUT2D eigenvalue weighted by Crippen LogP contribution is -2.61. The van der Waals surface area contributed by atoms with Gasteiger partial charge in [-0.25, -0.2) is 4.79 Å². The van der Waals surface area contributed by atoms with Crippen molar-refractivity contribution in [2.45, 2.75) is 118 Å². The average Bonchev–Trinajstić information content (AvgIpc) is 3.19. The van der Waals surface area contributed by atoms with E-state index in [4.69, 9.17) is 4.74 Å². The molecule has 5 N–H and O–H groups in total. The van der Waals surface area contributed by atoms with E-state index in [1.165, 1.54) is 11.0 Å². The smallest absolute Gasteiger partial charge is 0.408 e. The quantitative estimate of drug-likeness (QED) is 0.113. The summed E-state index contributed by atoms with van der Waals surface area (Å²) in [7, 11) is 0. The Morgan fingerprint density at radius 3 is 2.11 bits per heavy atom. The van der Waals surface area contributed by atoms with Gasteiger partial charge in [0.1, 0.15) is 23.5 Å². The average molecular weight is 637 g/mol. The van der Waals surface area contributed by atoms with Gasteiger partial charge in [-0.3, -0.25) is 24.0 Å². The van der Waals surface area contributed by atoms with Crippen LogP contribution in [-0.4, -0.2) is 93.1 Å². The van der Waals surface area contributed by atoms with E-state index in [9.17, 15) is 39.0 Å². The Morgan fingerprint density at radius 1 is 1.00 bits per heavy atom. The second-order valence-electron chi connectivity index (χ2n) is 15.4. The van der Waals surface area contributed by atoms with Crippen molar-refractivity contribution in [2.75, 3.05) is 13.1 Å². The van der Waals surface area contributed by atoms with Gasteiger partial charge < -0.3 is 35.8 Å². The lowest BCUT2D eigenvalue weighted by atomic mass is 9.85. The van der Waals surface area contributed by atoms with Crippen molar-refractivity contribution in [3.8, 4) is 0 Å². The van der Waals surface area contributed by atoms with E-state index in [-0.39, 0.29) is 43.6 Å². The number of Topliss-reactive ketones (excluding diaryl/α,β-unsaturated/α-hetero) is 2. The van der Waals surface area contributed by atoms with Crippen molar-refractivity contribution in [1.82, 2.24) is 20.9 Å². The molecule has 0 radical (unpaired) electrons.